The van der Waals surface area contributed by atoms with Gasteiger partial charge >= 0.3 is 5.63 Å². The number of rotatable bonds is 7. The largest absolute Gasteiger partial charge is 0.548 e. The number of aliphatic carboxylic acids is 1. The molecule has 0 unspecified atom stereocenters. The van der Waals surface area contributed by atoms with Crippen molar-refractivity contribution in [3.8, 4) is 5.75 Å². The maximum absolute atomic E-state index is 12.4. The summed E-state index contributed by atoms with van der Waals surface area (Å²) in [5, 5.41) is 14.0. The maximum Gasteiger partial charge on any atom is 0.339 e. The van der Waals surface area contributed by atoms with E-state index in [-0.39, 0.29) is 19.3 Å². The molecule has 1 N–H and O–H groups in total. The first-order chi connectivity index (χ1) is 12.3. The van der Waals surface area contributed by atoms with E-state index in [9.17, 15) is 19.5 Å². The fraction of sp³-hybridized carbons (Fsp3) is 0.421. The molecule has 1 aromatic heterocycles. The van der Waals surface area contributed by atoms with E-state index in [1.807, 2.05) is 13.0 Å². The van der Waals surface area contributed by atoms with Gasteiger partial charge in [0, 0.05) is 22.9 Å². The molecule has 0 aliphatic rings. The molecular formula is C19H22NO6-. The molecule has 0 spiro atoms. The second-order valence-corrected chi connectivity index (χ2v) is 6.11. The molecular weight excluding hydrogens is 338 g/mol. The SMILES string of the molecule is CC[C@@H](NC(=O)CCc1c(C)c2ccc(OC)c(C)c2oc1=O)C(=O)[O-]. The highest BCUT2D eigenvalue weighted by Crippen LogP contribution is 2.29. The summed E-state index contributed by atoms with van der Waals surface area (Å²) in [5.74, 6) is -1.16. The zero-order valence-corrected chi connectivity index (χ0v) is 15.3. The van der Waals surface area contributed by atoms with Gasteiger partial charge < -0.3 is 24.4 Å². The minimum absolute atomic E-state index is 0.0178. The number of carbonyl (C=O) groups is 2. The summed E-state index contributed by atoms with van der Waals surface area (Å²) >= 11 is 0. The van der Waals surface area contributed by atoms with Gasteiger partial charge in [0.15, 0.2) is 0 Å². The third-order valence-electron chi connectivity index (χ3n) is 4.50. The molecule has 0 aliphatic carbocycles. The predicted molar refractivity (Wildman–Crippen MR) is 94.1 cm³/mol. The highest BCUT2D eigenvalue weighted by Gasteiger charge is 2.17. The summed E-state index contributed by atoms with van der Waals surface area (Å²) in [6.07, 6.45) is 0.368. The quantitative estimate of drug-likeness (QED) is 0.738. The Hall–Kier alpha value is -2.83. The molecule has 1 aromatic carbocycles. The Labute approximate surface area is 151 Å². The van der Waals surface area contributed by atoms with Gasteiger partial charge in [0.25, 0.3) is 0 Å². The van der Waals surface area contributed by atoms with Crippen LogP contribution in [0.25, 0.3) is 11.0 Å². The van der Waals surface area contributed by atoms with Crippen molar-refractivity contribution in [2.45, 2.75) is 46.1 Å². The highest BCUT2D eigenvalue weighted by atomic mass is 16.5. The molecule has 26 heavy (non-hydrogen) atoms. The van der Waals surface area contributed by atoms with Crippen LogP contribution in [0, 0.1) is 13.8 Å². The minimum atomic E-state index is -1.33. The van der Waals surface area contributed by atoms with Crippen LogP contribution in [0.2, 0.25) is 0 Å². The molecule has 2 rings (SSSR count). The number of amides is 1. The molecule has 2 aromatic rings. The molecule has 1 amide bonds. The lowest BCUT2D eigenvalue weighted by Crippen LogP contribution is -2.47. The van der Waals surface area contributed by atoms with Crippen molar-refractivity contribution in [3.63, 3.8) is 0 Å². The Morgan fingerprint density at radius 1 is 1.27 bits per heavy atom. The standard InChI is InChI=1S/C19H23NO6/c1-5-14(18(22)23)20-16(21)9-7-13-10(2)12-6-8-15(25-4)11(3)17(12)26-19(13)24/h6,8,14H,5,7,9H2,1-4H3,(H,20,21)(H,22,23)/p-1/t14-/m1/s1. The van der Waals surface area contributed by atoms with E-state index in [4.69, 9.17) is 9.15 Å². The van der Waals surface area contributed by atoms with Crippen molar-refractivity contribution in [3.05, 3.63) is 39.2 Å². The van der Waals surface area contributed by atoms with E-state index < -0.39 is 23.5 Å². The monoisotopic (exact) mass is 360 g/mol. The Kier molecular flexibility index (Phi) is 6.02. The van der Waals surface area contributed by atoms with Crippen LogP contribution in [-0.4, -0.2) is 25.0 Å². The van der Waals surface area contributed by atoms with Crippen LogP contribution in [0.5, 0.6) is 5.75 Å². The van der Waals surface area contributed by atoms with Gasteiger partial charge in [-0.05, 0) is 44.4 Å². The van der Waals surface area contributed by atoms with Gasteiger partial charge in [0.05, 0.1) is 19.1 Å². The van der Waals surface area contributed by atoms with E-state index in [0.29, 0.717) is 16.9 Å². The zero-order chi connectivity index (χ0) is 19.4. The third-order valence-corrected chi connectivity index (χ3v) is 4.50. The average Bonchev–Trinajstić information content (AvgIpc) is 2.60. The predicted octanol–water partition coefficient (Wildman–Crippen LogP) is 0.996. The van der Waals surface area contributed by atoms with Crippen molar-refractivity contribution in [2.24, 2.45) is 0 Å². The lowest BCUT2D eigenvalue weighted by molar-refractivity contribution is -0.308. The molecule has 7 nitrogen and oxygen atoms in total. The second kappa shape index (κ2) is 8.03. The summed E-state index contributed by atoms with van der Waals surface area (Å²) in [4.78, 5) is 35.2. The Morgan fingerprint density at radius 3 is 2.54 bits per heavy atom. The Morgan fingerprint density at radius 2 is 1.96 bits per heavy atom. The number of carboxylic acids is 1. The number of ether oxygens (including phenoxy) is 1. The second-order valence-electron chi connectivity index (χ2n) is 6.11. The van der Waals surface area contributed by atoms with Crippen molar-refractivity contribution < 1.29 is 23.8 Å². The van der Waals surface area contributed by atoms with Crippen LogP contribution in [0.15, 0.2) is 21.3 Å². The van der Waals surface area contributed by atoms with Crippen molar-refractivity contribution in [1.29, 1.82) is 0 Å². The molecule has 0 saturated carbocycles. The van der Waals surface area contributed by atoms with E-state index in [1.54, 1.807) is 27.0 Å². The summed E-state index contributed by atoms with van der Waals surface area (Å²) < 4.78 is 10.7. The number of benzene rings is 1. The van der Waals surface area contributed by atoms with Crippen LogP contribution in [-0.2, 0) is 16.0 Å². The third kappa shape index (κ3) is 3.87. The number of aryl methyl sites for hydroxylation is 2. The van der Waals surface area contributed by atoms with Crippen molar-refractivity contribution in [1.82, 2.24) is 5.32 Å². The number of methoxy groups -OCH3 is 1. The highest BCUT2D eigenvalue weighted by molar-refractivity contribution is 5.86. The van der Waals surface area contributed by atoms with E-state index in [1.165, 1.54) is 0 Å². The first-order valence-electron chi connectivity index (χ1n) is 8.40. The van der Waals surface area contributed by atoms with Gasteiger partial charge in [-0.15, -0.1) is 0 Å². The van der Waals surface area contributed by atoms with Crippen molar-refractivity contribution in [2.75, 3.05) is 7.11 Å². The molecule has 0 aliphatic heterocycles. The normalized spacial score (nSPS) is 12.0. The van der Waals surface area contributed by atoms with Crippen molar-refractivity contribution >= 4 is 22.8 Å². The number of carboxylic acid groups (broad SMARTS) is 1. The van der Waals surface area contributed by atoms with Crippen LogP contribution < -0.4 is 20.8 Å². The first-order valence-corrected chi connectivity index (χ1v) is 8.40. The number of carbonyl (C=O) groups excluding carboxylic acids is 2. The molecule has 0 bridgehead atoms. The van der Waals surface area contributed by atoms with Gasteiger partial charge in [0.2, 0.25) is 5.91 Å². The summed E-state index contributed by atoms with van der Waals surface area (Å²) in [5.41, 5.74) is 1.82. The fourth-order valence-corrected chi connectivity index (χ4v) is 2.91. The molecule has 1 heterocycles. The Bertz CT molecular complexity index is 899. The van der Waals surface area contributed by atoms with Crippen LogP contribution in [0.4, 0.5) is 0 Å². The lowest BCUT2D eigenvalue weighted by Gasteiger charge is -2.17. The number of nitrogens with one attached hydrogen (secondary N) is 1. The summed E-state index contributed by atoms with van der Waals surface area (Å²) in [6.45, 7) is 5.25. The molecule has 7 heteroatoms. The molecule has 0 radical (unpaired) electrons. The molecule has 0 saturated heterocycles. The average molecular weight is 360 g/mol. The fourth-order valence-electron chi connectivity index (χ4n) is 2.91. The molecule has 140 valence electrons. The Balaban J connectivity index is 2.27. The molecule has 0 fully saturated rings. The van der Waals surface area contributed by atoms with Crippen LogP contribution >= 0.6 is 0 Å². The smallest absolute Gasteiger partial charge is 0.339 e. The van der Waals surface area contributed by atoms with Crippen LogP contribution in [0.1, 0.15) is 36.5 Å². The lowest BCUT2D eigenvalue weighted by atomic mass is 10.00. The number of fused-ring (bicyclic) bond motifs is 1. The molecule has 1 atom stereocenters. The van der Waals surface area contributed by atoms with Gasteiger partial charge in [-0.2, -0.15) is 0 Å². The maximum atomic E-state index is 12.4. The van der Waals surface area contributed by atoms with Gasteiger partial charge in [-0.1, -0.05) is 6.92 Å². The van der Waals surface area contributed by atoms with Gasteiger partial charge in [-0.25, -0.2) is 4.79 Å². The number of hydrogen-bond donors (Lipinski definition) is 1. The summed E-state index contributed by atoms with van der Waals surface area (Å²) in [7, 11) is 1.54. The van der Waals surface area contributed by atoms with E-state index in [0.717, 1.165) is 16.5 Å². The topological polar surface area (TPSA) is 109 Å². The summed E-state index contributed by atoms with van der Waals surface area (Å²) in [6, 6.07) is 2.57. The zero-order valence-electron chi connectivity index (χ0n) is 15.3. The van der Waals surface area contributed by atoms with E-state index >= 15 is 0 Å². The minimum Gasteiger partial charge on any atom is -0.548 e. The van der Waals surface area contributed by atoms with Gasteiger partial charge in [0.1, 0.15) is 11.3 Å². The van der Waals surface area contributed by atoms with Gasteiger partial charge in [-0.3, -0.25) is 4.79 Å². The first kappa shape index (κ1) is 19.5. The van der Waals surface area contributed by atoms with E-state index in [2.05, 4.69) is 5.32 Å². The number of hydrogen-bond acceptors (Lipinski definition) is 6. The van der Waals surface area contributed by atoms with Crippen LogP contribution in [0.3, 0.4) is 0 Å².